The number of aliphatic carboxylic acids is 1. The Labute approximate surface area is 113 Å². The van der Waals surface area contributed by atoms with Crippen LogP contribution >= 0.6 is 0 Å². The van der Waals surface area contributed by atoms with Crippen LogP contribution in [0.4, 0.5) is 10.2 Å². The number of aromatic nitrogens is 2. The van der Waals surface area contributed by atoms with Gasteiger partial charge in [0.05, 0.1) is 6.10 Å². The van der Waals surface area contributed by atoms with E-state index >= 15 is 0 Å². The van der Waals surface area contributed by atoms with Gasteiger partial charge in [0.2, 0.25) is 5.82 Å². The Hall–Kier alpha value is -2.69. The summed E-state index contributed by atoms with van der Waals surface area (Å²) in [5.41, 5.74) is 5.81. The molecule has 3 N–H and O–H groups in total. The maximum Gasteiger partial charge on any atom is 0.335 e. The molecule has 0 unspecified atom stereocenters. The summed E-state index contributed by atoms with van der Waals surface area (Å²) in [5.74, 6) is -3.95. The zero-order valence-electron chi connectivity index (χ0n) is 10.1. The third-order valence-corrected chi connectivity index (χ3v) is 2.83. The molecule has 2 heterocycles. The molecule has 0 bridgehead atoms. The summed E-state index contributed by atoms with van der Waals surface area (Å²) in [6, 6.07) is 0. The van der Waals surface area contributed by atoms with Crippen molar-refractivity contribution in [1.29, 1.82) is 0 Å². The van der Waals surface area contributed by atoms with Crippen molar-refractivity contribution in [3.05, 3.63) is 37.1 Å². The second kappa shape index (κ2) is 5.36. The summed E-state index contributed by atoms with van der Waals surface area (Å²) in [5, 5.41) is 21.2. The van der Waals surface area contributed by atoms with E-state index in [4.69, 9.17) is 15.4 Å². The summed E-state index contributed by atoms with van der Waals surface area (Å²) in [6.07, 6.45) is -4.85. The molecule has 12 heteroatoms. The Morgan fingerprint density at radius 1 is 1.57 bits per heavy atom. The van der Waals surface area contributed by atoms with Gasteiger partial charge in [0.25, 0.3) is 5.56 Å². The predicted molar refractivity (Wildman–Crippen MR) is 62.3 cm³/mol. The fourth-order valence-corrected chi connectivity index (χ4v) is 1.95. The average molecular weight is 301 g/mol. The van der Waals surface area contributed by atoms with Gasteiger partial charge in [-0.1, -0.05) is 0 Å². The second-order valence-electron chi connectivity index (χ2n) is 4.11. The minimum atomic E-state index is -1.63. The van der Waals surface area contributed by atoms with Crippen LogP contribution in [0, 0.1) is 5.82 Å². The molecule has 0 saturated carbocycles. The third kappa shape index (κ3) is 2.50. The minimum absolute atomic E-state index is 0.365. The normalized spacial score (nSPS) is 24.6. The van der Waals surface area contributed by atoms with Crippen molar-refractivity contribution in [1.82, 2.24) is 9.55 Å². The number of carboxylic acids is 1. The van der Waals surface area contributed by atoms with Gasteiger partial charge in [-0.2, -0.15) is 4.39 Å². The van der Waals surface area contributed by atoms with Crippen LogP contribution in [0.15, 0.2) is 14.7 Å². The quantitative estimate of drug-likeness (QED) is 0.380. The monoisotopic (exact) mass is 301 g/mol. The van der Waals surface area contributed by atoms with Gasteiger partial charge < -0.3 is 14.9 Å². The molecular formula is C9H8FN5O6. The van der Waals surface area contributed by atoms with Crippen molar-refractivity contribution in [2.24, 2.45) is 5.11 Å². The van der Waals surface area contributed by atoms with E-state index in [1.54, 1.807) is 4.98 Å². The highest BCUT2D eigenvalue weighted by molar-refractivity contribution is 5.73. The molecule has 1 saturated heterocycles. The number of hydrogen-bond acceptors (Lipinski definition) is 6. The van der Waals surface area contributed by atoms with Crippen LogP contribution < -0.4 is 11.2 Å². The van der Waals surface area contributed by atoms with Crippen molar-refractivity contribution < 1.29 is 24.1 Å². The number of ether oxygens (including phenoxy) is 1. The second-order valence-corrected chi connectivity index (χ2v) is 4.11. The lowest BCUT2D eigenvalue weighted by Crippen LogP contribution is -2.35. The Morgan fingerprint density at radius 2 is 2.24 bits per heavy atom. The van der Waals surface area contributed by atoms with Crippen LogP contribution in [-0.4, -0.2) is 37.9 Å². The zero-order valence-corrected chi connectivity index (χ0v) is 10.1. The number of aromatic amines is 1. The van der Waals surface area contributed by atoms with Gasteiger partial charge in [0.1, 0.15) is 6.23 Å². The Bertz CT molecular complexity index is 750. The van der Waals surface area contributed by atoms with Crippen molar-refractivity contribution in [2.75, 3.05) is 0 Å². The number of carbonyl (C=O) groups is 1. The number of azide groups is 1. The summed E-state index contributed by atoms with van der Waals surface area (Å²) < 4.78 is 19.0. The van der Waals surface area contributed by atoms with Gasteiger partial charge in [-0.25, -0.2) is 9.59 Å². The lowest BCUT2D eigenvalue weighted by molar-refractivity contribution is -0.155. The number of hydrogen-bond donors (Lipinski definition) is 3. The molecule has 1 aliphatic rings. The number of aliphatic hydroxyl groups excluding tert-OH is 1. The molecule has 0 spiro atoms. The number of nitrogens with zero attached hydrogens (tertiary/aromatic N) is 4. The fourth-order valence-electron chi connectivity index (χ4n) is 1.95. The first-order chi connectivity index (χ1) is 9.86. The Kier molecular flexibility index (Phi) is 3.76. The highest BCUT2D eigenvalue weighted by atomic mass is 19.1. The molecular weight excluding hydrogens is 293 g/mol. The number of rotatable bonds is 3. The largest absolute Gasteiger partial charge is 0.479 e. The standard InChI is InChI=1S/C9H8FN5O6/c10-4-6(13-14-11)15(9(20)12-7(4)17)3-1-2(16)5(21-3)8(18)19/h2-3,5,16H,1H2,(H,18,19)(H,12,17,20)/t2-,3+,5-/m0/s1. The van der Waals surface area contributed by atoms with Crippen molar-refractivity contribution in [3.63, 3.8) is 0 Å². The van der Waals surface area contributed by atoms with E-state index in [1.807, 2.05) is 0 Å². The van der Waals surface area contributed by atoms with Crippen molar-refractivity contribution in [3.8, 4) is 0 Å². The molecule has 0 aliphatic carbocycles. The molecule has 21 heavy (non-hydrogen) atoms. The Balaban J connectivity index is 2.58. The van der Waals surface area contributed by atoms with Gasteiger partial charge in [-0.3, -0.25) is 14.3 Å². The fraction of sp³-hybridized carbons (Fsp3) is 0.444. The van der Waals surface area contributed by atoms with Gasteiger partial charge in [-0.15, -0.1) is 0 Å². The zero-order chi connectivity index (χ0) is 15.7. The maximum atomic E-state index is 13.6. The molecule has 1 aromatic heterocycles. The van der Waals surface area contributed by atoms with Gasteiger partial charge in [-0.05, 0) is 10.6 Å². The SMILES string of the molecule is [N-]=[N+]=Nc1c(F)c(=O)[nH]c(=O)n1[C@H]1C[C@H](O)[C@@H](C(=O)O)O1. The van der Waals surface area contributed by atoms with E-state index in [-0.39, 0.29) is 6.42 Å². The van der Waals surface area contributed by atoms with Crippen LogP contribution in [-0.2, 0) is 9.53 Å². The van der Waals surface area contributed by atoms with Crippen LogP contribution in [0.1, 0.15) is 12.6 Å². The van der Waals surface area contributed by atoms with E-state index in [9.17, 15) is 23.9 Å². The van der Waals surface area contributed by atoms with E-state index in [2.05, 4.69) is 10.0 Å². The summed E-state index contributed by atoms with van der Waals surface area (Å²) in [7, 11) is 0. The topological polar surface area (TPSA) is 170 Å². The highest BCUT2D eigenvalue weighted by Crippen LogP contribution is 2.31. The predicted octanol–water partition coefficient (Wildman–Crippen LogP) is -0.649. The minimum Gasteiger partial charge on any atom is -0.479 e. The highest BCUT2D eigenvalue weighted by Gasteiger charge is 2.41. The van der Waals surface area contributed by atoms with E-state index in [0.29, 0.717) is 4.57 Å². The molecule has 0 aromatic carbocycles. The van der Waals surface area contributed by atoms with Crippen molar-refractivity contribution in [2.45, 2.75) is 24.9 Å². The van der Waals surface area contributed by atoms with Gasteiger partial charge in [0.15, 0.2) is 11.9 Å². The first-order valence-corrected chi connectivity index (χ1v) is 5.52. The van der Waals surface area contributed by atoms with E-state index < -0.39 is 47.3 Å². The molecule has 1 aromatic rings. The molecule has 0 radical (unpaired) electrons. The van der Waals surface area contributed by atoms with Gasteiger partial charge >= 0.3 is 11.7 Å². The molecule has 3 atom stereocenters. The van der Waals surface area contributed by atoms with Crippen molar-refractivity contribution >= 4 is 11.8 Å². The molecule has 0 amide bonds. The number of carboxylic acid groups (broad SMARTS) is 1. The average Bonchev–Trinajstić information content (AvgIpc) is 2.78. The van der Waals surface area contributed by atoms with E-state index in [1.165, 1.54) is 0 Å². The van der Waals surface area contributed by atoms with Crippen LogP contribution in [0.25, 0.3) is 10.4 Å². The maximum absolute atomic E-state index is 13.6. The number of H-pyrrole nitrogens is 1. The lowest BCUT2D eigenvalue weighted by Gasteiger charge is -2.16. The summed E-state index contributed by atoms with van der Waals surface area (Å²) in [4.78, 5) is 37.6. The number of aliphatic hydroxyl groups is 1. The molecule has 11 nitrogen and oxygen atoms in total. The first-order valence-electron chi connectivity index (χ1n) is 5.52. The van der Waals surface area contributed by atoms with Crippen LogP contribution in [0.2, 0.25) is 0 Å². The molecule has 1 aliphatic heterocycles. The smallest absolute Gasteiger partial charge is 0.335 e. The molecule has 2 rings (SSSR count). The van der Waals surface area contributed by atoms with E-state index in [0.717, 1.165) is 0 Å². The van der Waals surface area contributed by atoms with Gasteiger partial charge in [0, 0.05) is 11.3 Å². The number of nitrogens with one attached hydrogen (secondary N) is 1. The summed E-state index contributed by atoms with van der Waals surface area (Å²) in [6.45, 7) is 0. The van der Waals surface area contributed by atoms with Crippen LogP contribution in [0.5, 0.6) is 0 Å². The lowest BCUT2D eigenvalue weighted by atomic mass is 10.2. The first kappa shape index (κ1) is 14.7. The summed E-state index contributed by atoms with van der Waals surface area (Å²) >= 11 is 0. The number of halogens is 1. The third-order valence-electron chi connectivity index (χ3n) is 2.83. The Morgan fingerprint density at radius 3 is 2.76 bits per heavy atom. The molecule has 1 fully saturated rings. The van der Waals surface area contributed by atoms with Crippen LogP contribution in [0.3, 0.4) is 0 Å². The molecule has 112 valence electrons.